The van der Waals surface area contributed by atoms with E-state index in [4.69, 9.17) is 4.42 Å². The predicted molar refractivity (Wildman–Crippen MR) is 139 cm³/mol. The first-order valence-electron chi connectivity index (χ1n) is 11.6. The zero-order valence-electron chi connectivity index (χ0n) is 18.5. The zero-order chi connectivity index (χ0) is 21.9. The predicted octanol–water partition coefficient (Wildman–Crippen LogP) is 8.72. The van der Waals surface area contributed by atoms with Gasteiger partial charge in [0.05, 0.1) is 16.4 Å². The molecule has 0 radical (unpaired) electrons. The van der Waals surface area contributed by atoms with E-state index in [1.165, 1.54) is 49.6 Å². The van der Waals surface area contributed by atoms with Crippen LogP contribution in [-0.4, -0.2) is 4.57 Å². The number of furan rings is 1. The molecule has 33 heavy (non-hydrogen) atoms. The molecule has 0 atom stereocenters. The third-order valence-electron chi connectivity index (χ3n) is 6.89. The number of nitrogens with zero attached hydrogens (tertiary/aromatic N) is 1. The standard InChI is InChI=1S/C31H23NO/c1-20-11-14-23(15-12-20)32-27-19-22(21-7-3-2-4-8-21)13-16-24(27)25-17-18-29-30(31(25)32)26-9-5-6-10-28(26)33-29/h3,5-19H,2,4H2,1H3. The van der Waals surface area contributed by atoms with Crippen molar-refractivity contribution in [1.82, 2.24) is 4.57 Å². The second-order valence-electron chi connectivity index (χ2n) is 8.98. The lowest BCUT2D eigenvalue weighted by Crippen LogP contribution is -1.95. The Morgan fingerprint density at radius 1 is 0.758 bits per heavy atom. The third kappa shape index (κ3) is 2.74. The van der Waals surface area contributed by atoms with Gasteiger partial charge in [-0.15, -0.1) is 0 Å². The van der Waals surface area contributed by atoms with Crippen molar-refractivity contribution >= 4 is 49.3 Å². The summed E-state index contributed by atoms with van der Waals surface area (Å²) in [5, 5.41) is 4.86. The van der Waals surface area contributed by atoms with E-state index in [2.05, 4.69) is 103 Å². The fourth-order valence-electron chi connectivity index (χ4n) is 5.28. The number of allylic oxidation sites excluding steroid dienone is 4. The molecule has 1 aliphatic carbocycles. The Hall–Kier alpha value is -4.04. The Bertz CT molecular complexity index is 1760. The monoisotopic (exact) mass is 425 g/mol. The van der Waals surface area contributed by atoms with Crippen molar-refractivity contribution in [3.05, 3.63) is 108 Å². The van der Waals surface area contributed by atoms with Gasteiger partial charge in [0.25, 0.3) is 0 Å². The smallest absolute Gasteiger partial charge is 0.137 e. The van der Waals surface area contributed by atoms with Crippen LogP contribution in [0, 0.1) is 6.92 Å². The summed E-state index contributed by atoms with van der Waals surface area (Å²) in [6.07, 6.45) is 9.11. The van der Waals surface area contributed by atoms with Crippen LogP contribution in [0.1, 0.15) is 24.0 Å². The second-order valence-corrected chi connectivity index (χ2v) is 8.98. The molecule has 0 N–H and O–H groups in total. The van der Waals surface area contributed by atoms with Crippen molar-refractivity contribution < 1.29 is 4.42 Å². The van der Waals surface area contributed by atoms with Gasteiger partial charge in [0.1, 0.15) is 11.2 Å². The van der Waals surface area contributed by atoms with Gasteiger partial charge in [0.15, 0.2) is 0 Å². The van der Waals surface area contributed by atoms with Crippen molar-refractivity contribution in [2.75, 3.05) is 0 Å². The van der Waals surface area contributed by atoms with Gasteiger partial charge in [-0.2, -0.15) is 0 Å². The maximum absolute atomic E-state index is 6.25. The number of aryl methyl sites for hydroxylation is 1. The molecular weight excluding hydrogens is 402 g/mol. The van der Waals surface area contributed by atoms with Crippen LogP contribution in [0.2, 0.25) is 0 Å². The van der Waals surface area contributed by atoms with Crippen LogP contribution in [0.4, 0.5) is 0 Å². The lowest BCUT2D eigenvalue weighted by atomic mass is 9.98. The van der Waals surface area contributed by atoms with Crippen LogP contribution in [0.25, 0.3) is 55.0 Å². The first-order chi connectivity index (χ1) is 16.3. The van der Waals surface area contributed by atoms with Gasteiger partial charge in [0.2, 0.25) is 0 Å². The summed E-state index contributed by atoms with van der Waals surface area (Å²) in [6, 6.07) is 28.4. The first-order valence-corrected chi connectivity index (χ1v) is 11.6. The van der Waals surface area contributed by atoms with E-state index in [-0.39, 0.29) is 0 Å². The summed E-state index contributed by atoms with van der Waals surface area (Å²) in [5.74, 6) is 0. The van der Waals surface area contributed by atoms with E-state index in [1.54, 1.807) is 0 Å². The van der Waals surface area contributed by atoms with Crippen molar-refractivity contribution in [1.29, 1.82) is 0 Å². The molecule has 0 saturated carbocycles. The molecule has 0 saturated heterocycles. The second kappa shape index (κ2) is 6.98. The lowest BCUT2D eigenvalue weighted by molar-refractivity contribution is 0.669. The largest absolute Gasteiger partial charge is 0.456 e. The van der Waals surface area contributed by atoms with Crippen LogP contribution >= 0.6 is 0 Å². The molecule has 0 unspecified atom stereocenters. The molecular formula is C31H23NO. The summed E-state index contributed by atoms with van der Waals surface area (Å²) in [5.41, 5.74) is 9.30. The van der Waals surface area contributed by atoms with Gasteiger partial charge in [-0.3, -0.25) is 0 Å². The van der Waals surface area contributed by atoms with Crippen molar-refractivity contribution in [3.8, 4) is 5.69 Å². The lowest BCUT2D eigenvalue weighted by Gasteiger charge is -2.11. The number of fused-ring (bicyclic) bond motifs is 7. The van der Waals surface area contributed by atoms with E-state index in [0.29, 0.717) is 0 Å². The van der Waals surface area contributed by atoms with Crippen LogP contribution in [0.5, 0.6) is 0 Å². The fraction of sp³-hybridized carbons (Fsp3) is 0.0968. The maximum Gasteiger partial charge on any atom is 0.137 e. The first kappa shape index (κ1) is 18.5. The number of hydrogen-bond acceptors (Lipinski definition) is 1. The topological polar surface area (TPSA) is 18.1 Å². The SMILES string of the molecule is Cc1ccc(-n2c3cc(C4=CCCC=C4)ccc3c3ccc4oc5ccccc5c4c32)cc1. The summed E-state index contributed by atoms with van der Waals surface area (Å²) < 4.78 is 8.68. The molecule has 0 amide bonds. The highest BCUT2D eigenvalue weighted by Gasteiger charge is 2.19. The van der Waals surface area contributed by atoms with E-state index in [0.717, 1.165) is 29.4 Å². The average molecular weight is 426 g/mol. The zero-order valence-corrected chi connectivity index (χ0v) is 18.5. The number of para-hydroxylation sites is 1. The van der Waals surface area contributed by atoms with E-state index < -0.39 is 0 Å². The van der Waals surface area contributed by atoms with Crippen molar-refractivity contribution in [2.45, 2.75) is 19.8 Å². The highest BCUT2D eigenvalue weighted by atomic mass is 16.3. The molecule has 6 aromatic rings. The molecule has 2 nitrogen and oxygen atoms in total. The van der Waals surface area contributed by atoms with Gasteiger partial charge in [-0.25, -0.2) is 0 Å². The molecule has 7 rings (SSSR count). The third-order valence-corrected chi connectivity index (χ3v) is 6.89. The maximum atomic E-state index is 6.25. The Kier molecular flexibility index (Phi) is 3.92. The highest BCUT2D eigenvalue weighted by Crippen LogP contribution is 2.41. The summed E-state index contributed by atoms with van der Waals surface area (Å²) in [6.45, 7) is 2.14. The summed E-state index contributed by atoms with van der Waals surface area (Å²) in [4.78, 5) is 0. The van der Waals surface area contributed by atoms with E-state index in [9.17, 15) is 0 Å². The average Bonchev–Trinajstić information content (AvgIpc) is 3.40. The van der Waals surface area contributed by atoms with Crippen LogP contribution in [-0.2, 0) is 0 Å². The minimum Gasteiger partial charge on any atom is -0.456 e. The Labute approximate surface area is 192 Å². The number of hydrogen-bond donors (Lipinski definition) is 0. The fourth-order valence-corrected chi connectivity index (χ4v) is 5.28. The number of aromatic nitrogens is 1. The van der Waals surface area contributed by atoms with Gasteiger partial charge in [0, 0.05) is 21.8 Å². The summed E-state index contributed by atoms with van der Waals surface area (Å²) >= 11 is 0. The van der Waals surface area contributed by atoms with Crippen molar-refractivity contribution in [3.63, 3.8) is 0 Å². The van der Waals surface area contributed by atoms with Crippen LogP contribution in [0.3, 0.4) is 0 Å². The molecule has 2 heterocycles. The van der Waals surface area contributed by atoms with Gasteiger partial charge >= 0.3 is 0 Å². The Balaban J connectivity index is 1.67. The Morgan fingerprint density at radius 2 is 1.61 bits per heavy atom. The van der Waals surface area contributed by atoms with Gasteiger partial charge in [-0.1, -0.05) is 66.3 Å². The molecule has 4 aromatic carbocycles. The van der Waals surface area contributed by atoms with Gasteiger partial charge in [-0.05, 0) is 67.3 Å². The minimum atomic E-state index is 0.929. The van der Waals surface area contributed by atoms with E-state index in [1.807, 2.05) is 6.07 Å². The molecule has 2 heteroatoms. The Morgan fingerprint density at radius 3 is 2.45 bits per heavy atom. The molecule has 0 fully saturated rings. The minimum absolute atomic E-state index is 0.929. The molecule has 0 spiro atoms. The quantitative estimate of drug-likeness (QED) is 0.271. The number of rotatable bonds is 2. The van der Waals surface area contributed by atoms with Crippen molar-refractivity contribution in [2.24, 2.45) is 0 Å². The van der Waals surface area contributed by atoms with E-state index >= 15 is 0 Å². The molecule has 0 bridgehead atoms. The van der Waals surface area contributed by atoms with Gasteiger partial charge < -0.3 is 8.98 Å². The van der Waals surface area contributed by atoms with Crippen LogP contribution in [0.15, 0.2) is 102 Å². The number of benzene rings is 4. The molecule has 158 valence electrons. The molecule has 0 aliphatic heterocycles. The summed E-state index contributed by atoms with van der Waals surface area (Å²) in [7, 11) is 0. The normalized spacial score (nSPS) is 14.0. The molecule has 1 aliphatic rings. The van der Waals surface area contributed by atoms with Crippen LogP contribution < -0.4 is 0 Å². The highest BCUT2D eigenvalue weighted by molar-refractivity contribution is 6.24. The molecule has 2 aromatic heterocycles.